The third-order valence-corrected chi connectivity index (χ3v) is 4.49. The second-order valence-corrected chi connectivity index (χ2v) is 6.78. The van der Waals surface area contributed by atoms with Crippen LogP contribution in [-0.4, -0.2) is 35.9 Å². The fourth-order valence-electron chi connectivity index (χ4n) is 2.50. The molecule has 0 saturated carbocycles. The second-order valence-electron chi connectivity index (χ2n) is 5.94. The van der Waals surface area contributed by atoms with Gasteiger partial charge in [-0.3, -0.25) is 9.59 Å². The minimum atomic E-state index is -0.637. The van der Waals surface area contributed by atoms with Crippen LogP contribution < -0.4 is 10.1 Å². The Labute approximate surface area is 169 Å². The molecule has 27 heavy (non-hydrogen) atoms. The second kappa shape index (κ2) is 10.2. The quantitative estimate of drug-likeness (QED) is 0.719. The molecule has 1 atom stereocenters. The zero-order chi connectivity index (χ0) is 19.8. The van der Waals surface area contributed by atoms with E-state index in [0.29, 0.717) is 28.9 Å². The number of carbonyl (C=O) groups is 2. The molecular weight excluding hydrogens is 387 g/mol. The standard InChI is InChI=1S/C20H22Cl2N2O3/c1-3-23-20(26)14(2)24(12-15-7-5-4-6-8-15)19(25)13-27-18-10-9-16(21)11-17(18)22/h4-11,14H,3,12-13H2,1-2H3,(H,23,26). The first-order valence-corrected chi connectivity index (χ1v) is 9.37. The van der Waals surface area contributed by atoms with E-state index in [4.69, 9.17) is 27.9 Å². The number of likely N-dealkylation sites (N-methyl/N-ethyl adjacent to an activating group) is 1. The number of benzene rings is 2. The number of hydrogen-bond acceptors (Lipinski definition) is 3. The highest BCUT2D eigenvalue weighted by atomic mass is 35.5. The Bertz CT molecular complexity index is 784. The zero-order valence-corrected chi connectivity index (χ0v) is 16.8. The number of nitrogens with zero attached hydrogens (tertiary/aromatic N) is 1. The Morgan fingerprint density at radius 3 is 2.48 bits per heavy atom. The first-order chi connectivity index (χ1) is 12.9. The highest BCUT2D eigenvalue weighted by Gasteiger charge is 2.26. The number of carbonyl (C=O) groups excluding carboxylic acids is 2. The SMILES string of the molecule is CCNC(=O)C(C)N(Cc1ccccc1)C(=O)COc1ccc(Cl)cc1Cl. The first-order valence-electron chi connectivity index (χ1n) is 8.61. The third kappa shape index (κ3) is 6.15. The van der Waals surface area contributed by atoms with Crippen molar-refractivity contribution in [2.75, 3.05) is 13.2 Å². The minimum absolute atomic E-state index is 0.216. The summed E-state index contributed by atoms with van der Waals surface area (Å²) in [7, 11) is 0. The van der Waals surface area contributed by atoms with E-state index in [9.17, 15) is 9.59 Å². The van der Waals surface area contributed by atoms with Crippen LogP contribution in [0.2, 0.25) is 10.0 Å². The van der Waals surface area contributed by atoms with Crippen LogP contribution in [0.25, 0.3) is 0 Å². The van der Waals surface area contributed by atoms with E-state index in [1.54, 1.807) is 25.1 Å². The van der Waals surface area contributed by atoms with Crippen LogP contribution in [0.3, 0.4) is 0 Å². The van der Waals surface area contributed by atoms with E-state index in [2.05, 4.69) is 5.32 Å². The third-order valence-electron chi connectivity index (χ3n) is 3.96. The van der Waals surface area contributed by atoms with E-state index < -0.39 is 6.04 Å². The fraction of sp³-hybridized carbons (Fsp3) is 0.300. The summed E-state index contributed by atoms with van der Waals surface area (Å²) in [5.74, 6) is -0.172. The normalized spacial score (nSPS) is 11.6. The predicted octanol–water partition coefficient (Wildman–Crippen LogP) is 3.93. The molecule has 2 rings (SSSR count). The van der Waals surface area contributed by atoms with Gasteiger partial charge in [0.2, 0.25) is 5.91 Å². The number of hydrogen-bond donors (Lipinski definition) is 1. The average molecular weight is 409 g/mol. The van der Waals surface area contributed by atoms with Crippen molar-refractivity contribution in [3.8, 4) is 5.75 Å². The van der Waals surface area contributed by atoms with Gasteiger partial charge in [0.15, 0.2) is 6.61 Å². The molecule has 7 heteroatoms. The van der Waals surface area contributed by atoms with Gasteiger partial charge in [0.1, 0.15) is 11.8 Å². The number of rotatable bonds is 8. The van der Waals surface area contributed by atoms with Gasteiger partial charge in [0.05, 0.1) is 5.02 Å². The molecule has 144 valence electrons. The molecule has 0 aliphatic heterocycles. The van der Waals surface area contributed by atoms with Gasteiger partial charge in [0, 0.05) is 18.1 Å². The Balaban J connectivity index is 2.13. The van der Waals surface area contributed by atoms with Crippen LogP contribution in [0.15, 0.2) is 48.5 Å². The van der Waals surface area contributed by atoms with E-state index in [-0.39, 0.29) is 18.4 Å². The molecule has 0 spiro atoms. The summed E-state index contributed by atoms with van der Waals surface area (Å²) in [6.07, 6.45) is 0. The molecule has 0 fully saturated rings. The van der Waals surface area contributed by atoms with Crippen LogP contribution in [0.4, 0.5) is 0 Å². The molecule has 0 saturated heterocycles. The number of ether oxygens (including phenoxy) is 1. The van der Waals surface area contributed by atoms with Crippen molar-refractivity contribution in [2.24, 2.45) is 0 Å². The molecule has 2 amide bonds. The monoisotopic (exact) mass is 408 g/mol. The summed E-state index contributed by atoms with van der Waals surface area (Å²) in [4.78, 5) is 26.6. The molecule has 0 bridgehead atoms. The molecule has 0 aromatic heterocycles. The van der Waals surface area contributed by atoms with Crippen molar-refractivity contribution in [2.45, 2.75) is 26.4 Å². The highest BCUT2D eigenvalue weighted by Crippen LogP contribution is 2.27. The lowest BCUT2D eigenvalue weighted by Gasteiger charge is -2.28. The smallest absolute Gasteiger partial charge is 0.261 e. The lowest BCUT2D eigenvalue weighted by molar-refractivity contribution is -0.142. The Morgan fingerprint density at radius 2 is 1.85 bits per heavy atom. The molecule has 0 heterocycles. The molecule has 1 unspecified atom stereocenters. The van der Waals surface area contributed by atoms with Gasteiger partial charge in [0.25, 0.3) is 5.91 Å². The molecule has 0 aliphatic carbocycles. The summed E-state index contributed by atoms with van der Waals surface area (Å²) in [5, 5.41) is 3.55. The van der Waals surface area contributed by atoms with Crippen molar-refractivity contribution in [1.29, 1.82) is 0 Å². The van der Waals surface area contributed by atoms with Crippen LogP contribution in [0.1, 0.15) is 19.4 Å². The summed E-state index contributed by atoms with van der Waals surface area (Å²) < 4.78 is 5.55. The van der Waals surface area contributed by atoms with Gasteiger partial charge >= 0.3 is 0 Å². The van der Waals surface area contributed by atoms with Gasteiger partial charge in [-0.2, -0.15) is 0 Å². The van der Waals surface area contributed by atoms with Crippen molar-refractivity contribution in [3.05, 3.63) is 64.1 Å². The summed E-state index contributed by atoms with van der Waals surface area (Å²) in [6, 6.07) is 13.6. The molecule has 0 aliphatic rings. The van der Waals surface area contributed by atoms with Gasteiger partial charge in [-0.1, -0.05) is 53.5 Å². The van der Waals surface area contributed by atoms with Crippen molar-refractivity contribution in [3.63, 3.8) is 0 Å². The van der Waals surface area contributed by atoms with Crippen LogP contribution in [0, 0.1) is 0 Å². The Morgan fingerprint density at radius 1 is 1.15 bits per heavy atom. The predicted molar refractivity (Wildman–Crippen MR) is 107 cm³/mol. The van der Waals surface area contributed by atoms with Crippen molar-refractivity contribution >= 4 is 35.0 Å². The zero-order valence-electron chi connectivity index (χ0n) is 15.2. The average Bonchev–Trinajstić information content (AvgIpc) is 2.65. The maximum Gasteiger partial charge on any atom is 0.261 e. The summed E-state index contributed by atoms with van der Waals surface area (Å²) >= 11 is 11.9. The van der Waals surface area contributed by atoms with Crippen molar-refractivity contribution in [1.82, 2.24) is 10.2 Å². The fourth-order valence-corrected chi connectivity index (χ4v) is 2.96. The Hall–Kier alpha value is -2.24. The molecule has 2 aromatic carbocycles. The van der Waals surface area contributed by atoms with E-state index >= 15 is 0 Å². The molecule has 5 nitrogen and oxygen atoms in total. The molecule has 1 N–H and O–H groups in total. The lowest BCUT2D eigenvalue weighted by atomic mass is 10.1. The van der Waals surface area contributed by atoms with Crippen LogP contribution >= 0.6 is 23.2 Å². The van der Waals surface area contributed by atoms with Gasteiger partial charge in [-0.15, -0.1) is 0 Å². The van der Waals surface area contributed by atoms with E-state index in [1.165, 1.54) is 4.90 Å². The molecular formula is C20H22Cl2N2O3. The highest BCUT2D eigenvalue weighted by molar-refractivity contribution is 6.35. The maximum absolute atomic E-state index is 12.8. The Kier molecular flexibility index (Phi) is 7.95. The maximum atomic E-state index is 12.8. The number of amides is 2. The number of halogens is 2. The van der Waals surface area contributed by atoms with Crippen LogP contribution in [0.5, 0.6) is 5.75 Å². The largest absolute Gasteiger partial charge is 0.482 e. The lowest BCUT2D eigenvalue weighted by Crippen LogP contribution is -2.49. The van der Waals surface area contributed by atoms with E-state index in [0.717, 1.165) is 5.56 Å². The van der Waals surface area contributed by atoms with Gasteiger partial charge in [-0.25, -0.2) is 0 Å². The van der Waals surface area contributed by atoms with Crippen molar-refractivity contribution < 1.29 is 14.3 Å². The van der Waals surface area contributed by atoms with Gasteiger partial charge < -0.3 is 15.0 Å². The molecule has 2 aromatic rings. The van der Waals surface area contributed by atoms with E-state index in [1.807, 2.05) is 37.3 Å². The minimum Gasteiger partial charge on any atom is -0.482 e. The van der Waals surface area contributed by atoms with Crippen LogP contribution in [-0.2, 0) is 16.1 Å². The summed E-state index contributed by atoms with van der Waals surface area (Å²) in [6.45, 7) is 4.09. The summed E-state index contributed by atoms with van der Waals surface area (Å²) in [5.41, 5.74) is 0.923. The first kappa shape index (κ1) is 21.1. The molecule has 0 radical (unpaired) electrons. The number of nitrogens with one attached hydrogen (secondary N) is 1. The van der Waals surface area contributed by atoms with Gasteiger partial charge in [-0.05, 0) is 37.6 Å². The topological polar surface area (TPSA) is 58.6 Å².